The number of benzene rings is 1. The molecule has 39 heavy (non-hydrogen) atoms. The maximum absolute atomic E-state index is 16.0. The van der Waals surface area contributed by atoms with Gasteiger partial charge in [0.25, 0.3) is 11.4 Å². The number of nitrogens with one attached hydrogen (secondary N) is 2. The first-order valence-electron chi connectivity index (χ1n) is 11.6. The number of para-hydroxylation sites is 1. The Morgan fingerprint density at radius 2 is 1.97 bits per heavy atom. The molecule has 1 saturated heterocycles. The summed E-state index contributed by atoms with van der Waals surface area (Å²) in [4.78, 5) is 37.9. The summed E-state index contributed by atoms with van der Waals surface area (Å²) in [5.74, 6) is -4.25. The maximum Gasteiger partial charge on any atom is 0.459 e. The summed E-state index contributed by atoms with van der Waals surface area (Å²) in [6.45, 7) is 6.30. The van der Waals surface area contributed by atoms with E-state index in [-0.39, 0.29) is 5.75 Å². The van der Waals surface area contributed by atoms with E-state index in [0.717, 1.165) is 12.3 Å². The minimum absolute atomic E-state index is 0.00524. The number of nitrogens with zero attached hydrogens (tertiary/aromatic N) is 1. The molecule has 1 aromatic carbocycles. The van der Waals surface area contributed by atoms with Crippen molar-refractivity contribution in [1.29, 1.82) is 0 Å². The van der Waals surface area contributed by atoms with Crippen LogP contribution in [0, 0.1) is 0 Å². The summed E-state index contributed by atoms with van der Waals surface area (Å²) in [7, 11) is -4.64. The first kappa shape index (κ1) is 30.2. The molecule has 0 bridgehead atoms. The minimum atomic E-state index is -4.64. The Labute approximate surface area is 221 Å². The predicted molar refractivity (Wildman–Crippen MR) is 133 cm³/mol. The number of aromatic nitrogens is 2. The third kappa shape index (κ3) is 6.80. The zero-order valence-electron chi connectivity index (χ0n) is 21.2. The standard InChI is InChI=1S/C24H28F2N3O9P/c1-5-12-23(25)20(32)24(26,37-21(23)29-13-11-18(30)27-22(29)33)14-35-39(34,38-17-9-7-6-8-10-17)28-16(4)19(31)36-15(2)3/h6-13,15-16,20-21,32H,1,14H2,2-4H3,(H,28,34)(H,27,30,33)/t16-,20-,21?,23+,24+,39?/m0/s1. The molecule has 3 rings (SSSR count). The molecule has 15 heteroatoms. The van der Waals surface area contributed by atoms with E-state index in [0.29, 0.717) is 10.6 Å². The fourth-order valence-electron chi connectivity index (χ4n) is 3.61. The highest BCUT2D eigenvalue weighted by atomic mass is 31.2. The lowest BCUT2D eigenvalue weighted by atomic mass is 9.95. The SMILES string of the molecule is C=C=C[C@]1(F)C(n2ccc(=O)[nH]c2=O)O[C@](F)(COP(=O)(N[C@@H](C)C(=O)OC(C)C)Oc2ccccc2)[C@H]1O. The van der Waals surface area contributed by atoms with Gasteiger partial charge in [-0.2, -0.15) is 5.09 Å². The lowest BCUT2D eigenvalue weighted by Gasteiger charge is -2.28. The van der Waals surface area contributed by atoms with Crippen LogP contribution >= 0.6 is 7.75 Å². The van der Waals surface area contributed by atoms with Crippen LogP contribution in [0.25, 0.3) is 0 Å². The number of rotatable bonds is 11. The number of halogens is 2. The van der Waals surface area contributed by atoms with Crippen LogP contribution in [0.1, 0.15) is 27.0 Å². The summed E-state index contributed by atoms with van der Waals surface area (Å²) in [6, 6.07) is 7.11. The van der Waals surface area contributed by atoms with Gasteiger partial charge in [0.2, 0.25) is 5.67 Å². The Bertz CT molecular complexity index is 1390. The normalized spacial score (nSPS) is 26.8. The number of hydrogen-bond donors (Lipinski definition) is 3. The second-order valence-electron chi connectivity index (χ2n) is 8.86. The maximum atomic E-state index is 16.0. The van der Waals surface area contributed by atoms with Gasteiger partial charge in [-0.1, -0.05) is 24.8 Å². The summed E-state index contributed by atoms with van der Waals surface area (Å²) in [5, 5.41) is 13.0. The molecule has 0 aliphatic carbocycles. The second kappa shape index (κ2) is 11.8. The van der Waals surface area contributed by atoms with Crippen LogP contribution in [0.3, 0.4) is 0 Å². The van der Waals surface area contributed by atoms with Crippen molar-refractivity contribution in [2.75, 3.05) is 6.61 Å². The van der Waals surface area contributed by atoms with Gasteiger partial charge in [0.15, 0.2) is 12.3 Å². The van der Waals surface area contributed by atoms with Crippen LogP contribution in [0.2, 0.25) is 0 Å². The molecule has 6 atom stereocenters. The molecule has 1 fully saturated rings. The fourth-order valence-corrected chi connectivity index (χ4v) is 5.12. The van der Waals surface area contributed by atoms with Crippen molar-refractivity contribution in [3.8, 4) is 5.75 Å². The van der Waals surface area contributed by atoms with Gasteiger partial charge >= 0.3 is 19.4 Å². The number of carbonyl (C=O) groups excluding carboxylic acids is 1. The number of carbonyl (C=O) groups is 1. The predicted octanol–water partition coefficient (Wildman–Crippen LogP) is 2.27. The quantitative estimate of drug-likeness (QED) is 0.208. The average molecular weight is 571 g/mol. The Morgan fingerprint density at radius 3 is 2.56 bits per heavy atom. The molecule has 1 aliphatic heterocycles. The molecule has 0 amide bonds. The Morgan fingerprint density at radius 1 is 1.31 bits per heavy atom. The van der Waals surface area contributed by atoms with Crippen molar-refractivity contribution < 1.29 is 41.8 Å². The van der Waals surface area contributed by atoms with Crippen LogP contribution in [0.5, 0.6) is 5.75 Å². The van der Waals surface area contributed by atoms with Gasteiger partial charge in [0.05, 0.1) is 6.10 Å². The third-order valence-electron chi connectivity index (χ3n) is 5.40. The largest absolute Gasteiger partial charge is 0.462 e. The molecule has 2 aromatic rings. The van der Waals surface area contributed by atoms with Crippen LogP contribution in [0.4, 0.5) is 8.78 Å². The van der Waals surface area contributed by atoms with Crippen molar-refractivity contribution in [3.05, 3.63) is 81.8 Å². The van der Waals surface area contributed by atoms with E-state index in [1.54, 1.807) is 32.0 Å². The molecule has 212 valence electrons. The van der Waals surface area contributed by atoms with E-state index >= 15 is 8.78 Å². The summed E-state index contributed by atoms with van der Waals surface area (Å²) in [6.07, 6.45) is -3.96. The molecule has 0 radical (unpaired) electrons. The number of aliphatic hydroxyl groups excluding tert-OH is 1. The monoisotopic (exact) mass is 571 g/mol. The Hall–Kier alpha value is -3.38. The number of ether oxygens (including phenoxy) is 2. The highest BCUT2D eigenvalue weighted by Crippen LogP contribution is 2.52. The lowest BCUT2D eigenvalue weighted by molar-refractivity contribution is -0.204. The van der Waals surface area contributed by atoms with Crippen molar-refractivity contribution in [3.63, 3.8) is 0 Å². The van der Waals surface area contributed by atoms with Crippen LogP contribution in [-0.2, 0) is 23.4 Å². The molecular weight excluding hydrogens is 543 g/mol. The van der Waals surface area contributed by atoms with E-state index in [9.17, 15) is 24.1 Å². The molecule has 2 heterocycles. The van der Waals surface area contributed by atoms with Gasteiger partial charge in [0, 0.05) is 18.3 Å². The van der Waals surface area contributed by atoms with Crippen molar-refractivity contribution in [2.45, 2.75) is 56.8 Å². The number of aliphatic hydroxyl groups is 1. The number of hydrogen-bond acceptors (Lipinski definition) is 9. The second-order valence-corrected chi connectivity index (χ2v) is 10.6. The first-order valence-corrected chi connectivity index (χ1v) is 13.2. The van der Waals surface area contributed by atoms with Gasteiger partial charge < -0.3 is 19.1 Å². The van der Waals surface area contributed by atoms with Crippen molar-refractivity contribution >= 4 is 13.7 Å². The molecule has 0 saturated carbocycles. The highest BCUT2D eigenvalue weighted by molar-refractivity contribution is 7.52. The molecule has 3 N–H and O–H groups in total. The number of alkyl halides is 2. The number of esters is 1. The first-order chi connectivity index (χ1) is 18.2. The van der Waals surface area contributed by atoms with Crippen molar-refractivity contribution in [2.24, 2.45) is 0 Å². The summed E-state index contributed by atoms with van der Waals surface area (Å²) in [5.41, 5.74) is -3.05. The summed E-state index contributed by atoms with van der Waals surface area (Å²) >= 11 is 0. The molecular formula is C24H28F2N3O9P. The molecule has 0 spiro atoms. The number of H-pyrrole nitrogens is 1. The van der Waals surface area contributed by atoms with Crippen LogP contribution in [0.15, 0.2) is 70.6 Å². The molecule has 12 nitrogen and oxygen atoms in total. The lowest BCUT2D eigenvalue weighted by Crippen LogP contribution is -2.48. The summed E-state index contributed by atoms with van der Waals surface area (Å²) < 4.78 is 66.9. The fraction of sp³-hybridized carbons (Fsp3) is 0.417. The third-order valence-corrected chi connectivity index (χ3v) is 7.02. The van der Waals surface area contributed by atoms with Gasteiger partial charge in [-0.15, -0.1) is 5.73 Å². The van der Waals surface area contributed by atoms with Crippen LogP contribution < -0.4 is 20.9 Å². The Kier molecular flexibility index (Phi) is 9.12. The van der Waals surface area contributed by atoms with Crippen LogP contribution in [-0.4, -0.2) is 57.0 Å². The van der Waals surface area contributed by atoms with E-state index in [1.165, 1.54) is 19.1 Å². The van der Waals surface area contributed by atoms with Gasteiger partial charge in [-0.25, -0.2) is 18.1 Å². The van der Waals surface area contributed by atoms with E-state index < -0.39 is 67.6 Å². The number of aromatic amines is 1. The zero-order valence-corrected chi connectivity index (χ0v) is 22.1. The zero-order chi connectivity index (χ0) is 29.0. The smallest absolute Gasteiger partial charge is 0.459 e. The molecule has 1 aliphatic rings. The highest BCUT2D eigenvalue weighted by Gasteiger charge is 2.66. The molecule has 2 unspecified atom stereocenters. The van der Waals surface area contributed by atoms with E-state index in [1.807, 2.05) is 4.98 Å². The minimum Gasteiger partial charge on any atom is -0.462 e. The van der Waals surface area contributed by atoms with E-state index in [4.69, 9.17) is 18.5 Å². The van der Waals surface area contributed by atoms with Gasteiger partial charge in [-0.3, -0.25) is 23.7 Å². The van der Waals surface area contributed by atoms with Gasteiger partial charge in [-0.05, 0) is 32.9 Å². The topological polar surface area (TPSA) is 158 Å². The molecule has 1 aromatic heterocycles. The Balaban J connectivity index is 1.93. The average Bonchev–Trinajstić information content (AvgIpc) is 3.05. The van der Waals surface area contributed by atoms with Crippen molar-refractivity contribution in [1.82, 2.24) is 14.6 Å². The van der Waals surface area contributed by atoms with Gasteiger partial charge in [0.1, 0.15) is 18.4 Å². The van der Waals surface area contributed by atoms with E-state index in [2.05, 4.69) is 17.4 Å².